The molecule has 0 spiro atoms. The van der Waals surface area contributed by atoms with Gasteiger partial charge in [0.25, 0.3) is 0 Å². The van der Waals surface area contributed by atoms with Crippen LogP contribution in [0.4, 0.5) is 11.4 Å². The van der Waals surface area contributed by atoms with Crippen molar-refractivity contribution in [1.82, 2.24) is 0 Å². The van der Waals surface area contributed by atoms with Crippen LogP contribution in [0.5, 0.6) is 0 Å². The van der Waals surface area contributed by atoms with E-state index in [0.29, 0.717) is 10.6 Å². The predicted molar refractivity (Wildman–Crippen MR) is 78.3 cm³/mol. The van der Waals surface area contributed by atoms with E-state index < -0.39 is 0 Å². The smallest absolute Gasteiger partial charge is 0.101 e. The third-order valence-electron chi connectivity index (χ3n) is 2.55. The summed E-state index contributed by atoms with van der Waals surface area (Å²) in [5.41, 5.74) is 3.24. The first-order valence-electron chi connectivity index (χ1n) is 5.33. The monoisotopic (exact) mass is 320 g/mol. The zero-order valence-corrected chi connectivity index (χ0v) is 12.0. The number of nitrogens with one attached hydrogen (secondary N) is 1. The molecule has 90 valence electrons. The standard InChI is InChI=1S/C14H10BrClN2/c1-9-2-4-12(7-13(9)16)18-14-5-3-11(15)6-10(14)8-17/h2-7,18H,1H3. The number of anilines is 2. The fraction of sp³-hybridized carbons (Fsp3) is 0.0714. The summed E-state index contributed by atoms with van der Waals surface area (Å²) >= 11 is 9.41. The molecule has 0 aromatic heterocycles. The molecule has 0 radical (unpaired) electrons. The molecule has 0 saturated carbocycles. The van der Waals surface area contributed by atoms with Crippen LogP contribution in [-0.4, -0.2) is 0 Å². The van der Waals surface area contributed by atoms with Crippen molar-refractivity contribution in [2.75, 3.05) is 5.32 Å². The lowest BCUT2D eigenvalue weighted by atomic mass is 10.1. The highest BCUT2D eigenvalue weighted by molar-refractivity contribution is 9.10. The van der Waals surface area contributed by atoms with Crippen LogP contribution in [0.1, 0.15) is 11.1 Å². The van der Waals surface area contributed by atoms with E-state index in [1.165, 1.54) is 0 Å². The zero-order valence-electron chi connectivity index (χ0n) is 9.67. The van der Waals surface area contributed by atoms with Gasteiger partial charge in [0.1, 0.15) is 6.07 Å². The molecule has 2 nitrogen and oxygen atoms in total. The van der Waals surface area contributed by atoms with Gasteiger partial charge in [-0.1, -0.05) is 33.6 Å². The van der Waals surface area contributed by atoms with Crippen molar-refractivity contribution in [2.24, 2.45) is 0 Å². The Balaban J connectivity index is 2.34. The summed E-state index contributed by atoms with van der Waals surface area (Å²) in [7, 11) is 0. The molecule has 2 aromatic carbocycles. The minimum atomic E-state index is 0.584. The Morgan fingerprint density at radius 1 is 1.22 bits per heavy atom. The summed E-state index contributed by atoms with van der Waals surface area (Å²) in [5, 5.41) is 13.0. The van der Waals surface area contributed by atoms with Crippen LogP contribution < -0.4 is 5.32 Å². The molecule has 2 rings (SSSR count). The van der Waals surface area contributed by atoms with Crippen molar-refractivity contribution in [3.05, 3.63) is 57.0 Å². The first kappa shape index (κ1) is 12.9. The first-order valence-corrected chi connectivity index (χ1v) is 6.50. The van der Waals surface area contributed by atoms with Crippen molar-refractivity contribution >= 4 is 38.9 Å². The van der Waals surface area contributed by atoms with Gasteiger partial charge in [-0.3, -0.25) is 0 Å². The second-order valence-corrected chi connectivity index (χ2v) is 5.21. The number of hydrogen-bond acceptors (Lipinski definition) is 2. The quantitative estimate of drug-likeness (QED) is 0.842. The van der Waals surface area contributed by atoms with Gasteiger partial charge in [-0.25, -0.2) is 0 Å². The van der Waals surface area contributed by atoms with Crippen LogP contribution >= 0.6 is 27.5 Å². The number of rotatable bonds is 2. The fourth-order valence-electron chi connectivity index (χ4n) is 1.54. The van der Waals surface area contributed by atoms with E-state index in [1.54, 1.807) is 6.07 Å². The molecule has 0 bridgehead atoms. The molecule has 2 aromatic rings. The van der Waals surface area contributed by atoms with E-state index in [-0.39, 0.29) is 0 Å². The van der Waals surface area contributed by atoms with Gasteiger partial charge in [0.15, 0.2) is 0 Å². The molecule has 0 fully saturated rings. The van der Waals surface area contributed by atoms with Crippen LogP contribution in [0.15, 0.2) is 40.9 Å². The fourth-order valence-corrected chi connectivity index (χ4v) is 2.09. The first-order chi connectivity index (χ1) is 8.60. The third-order valence-corrected chi connectivity index (χ3v) is 3.45. The van der Waals surface area contributed by atoms with Gasteiger partial charge in [-0.05, 0) is 42.8 Å². The second-order valence-electron chi connectivity index (χ2n) is 3.89. The minimum absolute atomic E-state index is 0.584. The molecule has 0 aliphatic heterocycles. The van der Waals surface area contributed by atoms with Crippen molar-refractivity contribution in [3.8, 4) is 6.07 Å². The summed E-state index contributed by atoms with van der Waals surface area (Å²) < 4.78 is 0.881. The van der Waals surface area contributed by atoms with E-state index in [2.05, 4.69) is 27.3 Å². The number of halogens is 2. The zero-order chi connectivity index (χ0) is 13.1. The van der Waals surface area contributed by atoms with Crippen LogP contribution in [0.3, 0.4) is 0 Å². The van der Waals surface area contributed by atoms with Crippen molar-refractivity contribution < 1.29 is 0 Å². The molecule has 0 unspecified atom stereocenters. The van der Waals surface area contributed by atoms with Crippen molar-refractivity contribution in [1.29, 1.82) is 5.26 Å². The number of nitriles is 1. The maximum absolute atomic E-state index is 9.08. The van der Waals surface area contributed by atoms with Crippen molar-refractivity contribution in [2.45, 2.75) is 6.92 Å². The number of nitrogens with zero attached hydrogens (tertiary/aromatic N) is 1. The Hall–Kier alpha value is -1.50. The molecule has 0 aliphatic rings. The maximum Gasteiger partial charge on any atom is 0.101 e. The SMILES string of the molecule is Cc1ccc(Nc2ccc(Br)cc2C#N)cc1Cl. The number of benzene rings is 2. The minimum Gasteiger partial charge on any atom is -0.354 e. The lowest BCUT2D eigenvalue weighted by Gasteiger charge is -2.09. The Morgan fingerprint density at radius 2 is 2.00 bits per heavy atom. The van der Waals surface area contributed by atoms with Crippen LogP contribution in [0, 0.1) is 18.3 Å². The average molecular weight is 322 g/mol. The molecule has 4 heteroatoms. The van der Waals surface area contributed by atoms with Crippen LogP contribution in [-0.2, 0) is 0 Å². The molecule has 0 amide bonds. The highest BCUT2D eigenvalue weighted by Gasteiger charge is 2.04. The largest absolute Gasteiger partial charge is 0.354 e. The molecule has 1 N–H and O–H groups in total. The van der Waals surface area contributed by atoms with Gasteiger partial charge < -0.3 is 5.32 Å². The number of hydrogen-bond donors (Lipinski definition) is 1. The van der Waals surface area contributed by atoms with Crippen LogP contribution in [0.2, 0.25) is 5.02 Å². The van der Waals surface area contributed by atoms with E-state index in [1.807, 2.05) is 37.3 Å². The second kappa shape index (κ2) is 5.43. The van der Waals surface area contributed by atoms with Gasteiger partial charge in [0.2, 0.25) is 0 Å². The lowest BCUT2D eigenvalue weighted by Crippen LogP contribution is -1.94. The Bertz CT molecular complexity index is 632. The van der Waals surface area contributed by atoms with E-state index in [9.17, 15) is 0 Å². The van der Waals surface area contributed by atoms with E-state index >= 15 is 0 Å². The molecule has 0 heterocycles. The summed E-state index contributed by atoms with van der Waals surface area (Å²) in [6.07, 6.45) is 0. The lowest BCUT2D eigenvalue weighted by molar-refractivity contribution is 1.43. The normalized spacial score (nSPS) is 9.89. The van der Waals surface area contributed by atoms with Gasteiger partial charge >= 0.3 is 0 Å². The highest BCUT2D eigenvalue weighted by atomic mass is 79.9. The summed E-state index contributed by atoms with van der Waals surface area (Å²) in [4.78, 5) is 0. The Kier molecular flexibility index (Phi) is 3.90. The van der Waals surface area contributed by atoms with Crippen LogP contribution in [0.25, 0.3) is 0 Å². The Morgan fingerprint density at radius 3 is 2.67 bits per heavy atom. The Labute approximate surface area is 119 Å². The van der Waals surface area contributed by atoms with Crippen molar-refractivity contribution in [3.63, 3.8) is 0 Å². The topological polar surface area (TPSA) is 35.8 Å². The molecule has 0 atom stereocenters. The third kappa shape index (κ3) is 2.84. The van der Waals surface area contributed by atoms with Gasteiger partial charge in [0.05, 0.1) is 11.3 Å². The number of aryl methyl sites for hydroxylation is 1. The van der Waals surface area contributed by atoms with Gasteiger partial charge in [-0.2, -0.15) is 5.26 Å². The average Bonchev–Trinajstić information content (AvgIpc) is 2.36. The molecule has 0 aliphatic carbocycles. The molecular formula is C14H10BrClN2. The molecule has 0 saturated heterocycles. The van der Waals surface area contributed by atoms with E-state index in [0.717, 1.165) is 21.4 Å². The molecular weight excluding hydrogens is 312 g/mol. The molecule has 18 heavy (non-hydrogen) atoms. The van der Waals surface area contributed by atoms with Gasteiger partial charge in [0, 0.05) is 15.2 Å². The summed E-state index contributed by atoms with van der Waals surface area (Å²) in [6, 6.07) is 13.4. The highest BCUT2D eigenvalue weighted by Crippen LogP contribution is 2.26. The summed E-state index contributed by atoms with van der Waals surface area (Å²) in [5.74, 6) is 0. The van der Waals surface area contributed by atoms with Gasteiger partial charge in [-0.15, -0.1) is 0 Å². The predicted octanol–water partition coefficient (Wildman–Crippen LogP) is 5.03. The summed E-state index contributed by atoms with van der Waals surface area (Å²) in [6.45, 7) is 1.95. The van der Waals surface area contributed by atoms with E-state index in [4.69, 9.17) is 16.9 Å². The maximum atomic E-state index is 9.08.